The predicted molar refractivity (Wildman–Crippen MR) is 202 cm³/mol. The molecule has 0 unspecified atom stereocenters. The number of methoxy groups -OCH3 is 2. The van der Waals surface area contributed by atoms with E-state index in [4.69, 9.17) is 25.8 Å². The molecular formula is C38H44ClN5O9S. The van der Waals surface area contributed by atoms with Crippen molar-refractivity contribution in [2.24, 2.45) is 11.3 Å². The number of anilines is 1. The number of sulfonamides is 1. The zero-order chi connectivity index (χ0) is 39.2. The number of nitrogens with one attached hydrogen (secondary N) is 3. The average molecular weight is 782 g/mol. The van der Waals surface area contributed by atoms with E-state index in [0.717, 1.165) is 0 Å². The Hall–Kier alpha value is -4.89. The highest BCUT2D eigenvalue weighted by atomic mass is 35.5. The monoisotopic (exact) mass is 781 g/mol. The van der Waals surface area contributed by atoms with Crippen LogP contribution in [0.25, 0.3) is 10.8 Å². The van der Waals surface area contributed by atoms with Crippen molar-refractivity contribution >= 4 is 61.8 Å². The standard InChI is InChI=1S/C38H44ClN5O9S/c1-7-22-18-38(22,36(48)43-54(49,50)26-12-13-26)42-32(45)29-17-25(53-33-28-16-23(39)11-14-27(28)30(51-5)19-40-33)20-44(29)34(46)31(37(2,3)4)41-24-10-8-9-21(15-24)35(47)52-6/h7-11,14-16,19,22,25-26,29,31,41H,1,12-13,17-18,20H2,2-6H3,(H,42,45)(H,43,48)/t22-,25-,29+,31-,38-/m1/s1. The van der Waals surface area contributed by atoms with E-state index in [9.17, 15) is 27.6 Å². The topological polar surface area (TPSA) is 182 Å². The number of rotatable bonds is 13. The molecule has 288 valence electrons. The van der Waals surface area contributed by atoms with Crippen LogP contribution in [0.5, 0.6) is 11.6 Å². The van der Waals surface area contributed by atoms with Gasteiger partial charge >= 0.3 is 5.97 Å². The Morgan fingerprint density at radius 2 is 1.83 bits per heavy atom. The number of benzene rings is 2. The molecular weight excluding hydrogens is 738 g/mol. The van der Waals surface area contributed by atoms with Crippen molar-refractivity contribution in [3.63, 3.8) is 0 Å². The van der Waals surface area contributed by atoms with Crippen molar-refractivity contribution in [3.8, 4) is 11.6 Å². The molecule has 3 amide bonds. The van der Waals surface area contributed by atoms with E-state index >= 15 is 0 Å². The average Bonchev–Trinajstić information content (AvgIpc) is 4.06. The van der Waals surface area contributed by atoms with E-state index in [1.54, 1.807) is 42.5 Å². The van der Waals surface area contributed by atoms with Gasteiger partial charge in [0.1, 0.15) is 29.5 Å². The fourth-order valence-electron chi connectivity index (χ4n) is 6.81. The summed E-state index contributed by atoms with van der Waals surface area (Å²) in [7, 11) is -1.11. The van der Waals surface area contributed by atoms with Gasteiger partial charge in [0.15, 0.2) is 0 Å². The van der Waals surface area contributed by atoms with E-state index in [-0.39, 0.29) is 30.8 Å². The normalized spacial score (nSPS) is 22.9. The lowest BCUT2D eigenvalue weighted by Crippen LogP contribution is -2.58. The molecule has 3 aromatic rings. The number of esters is 1. The first kappa shape index (κ1) is 38.8. The molecule has 1 saturated heterocycles. The zero-order valence-electron chi connectivity index (χ0n) is 30.7. The van der Waals surface area contributed by atoms with E-state index in [2.05, 4.69) is 26.9 Å². The Morgan fingerprint density at radius 3 is 2.46 bits per heavy atom. The van der Waals surface area contributed by atoms with Gasteiger partial charge in [-0.3, -0.25) is 19.1 Å². The lowest BCUT2D eigenvalue weighted by Gasteiger charge is -2.36. The van der Waals surface area contributed by atoms with Crippen molar-refractivity contribution < 1.29 is 41.8 Å². The van der Waals surface area contributed by atoms with Gasteiger partial charge < -0.3 is 29.7 Å². The van der Waals surface area contributed by atoms with E-state index in [1.165, 1.54) is 31.4 Å². The Bertz CT molecular complexity index is 2120. The SMILES string of the molecule is C=C[C@@H]1C[C@]1(NC(=O)[C@@H]1C[C@@H](Oc2ncc(OC)c3ccc(Cl)cc23)CN1C(=O)[C@@H](Nc1cccc(C(=O)OC)c1)C(C)(C)C)C(=O)NS(=O)(=O)C1CC1. The Balaban J connectivity index is 1.33. The molecule has 2 saturated carbocycles. The molecule has 0 bridgehead atoms. The third kappa shape index (κ3) is 7.83. The zero-order valence-corrected chi connectivity index (χ0v) is 32.3. The first-order valence-corrected chi connectivity index (χ1v) is 19.5. The van der Waals surface area contributed by atoms with Crippen LogP contribution in [0.3, 0.4) is 0 Å². The summed E-state index contributed by atoms with van der Waals surface area (Å²) in [6.07, 6.45) is 3.32. The highest BCUT2D eigenvalue weighted by Gasteiger charge is 2.62. The number of carbonyl (C=O) groups excluding carboxylic acids is 4. The van der Waals surface area contributed by atoms with E-state index < -0.39 is 74.0 Å². The number of nitrogens with zero attached hydrogens (tertiary/aromatic N) is 2. The fourth-order valence-corrected chi connectivity index (χ4v) is 8.34. The molecule has 2 aromatic carbocycles. The van der Waals surface area contributed by atoms with Gasteiger partial charge in [-0.05, 0) is 61.1 Å². The second kappa shape index (κ2) is 14.7. The summed E-state index contributed by atoms with van der Waals surface area (Å²) < 4.78 is 44.4. The fraction of sp³-hybridized carbons (Fsp3) is 0.447. The second-order valence-corrected chi connectivity index (χ2v) is 17.4. The first-order chi connectivity index (χ1) is 25.5. The van der Waals surface area contributed by atoms with Crippen LogP contribution in [-0.4, -0.2) is 91.7 Å². The summed E-state index contributed by atoms with van der Waals surface area (Å²) in [5.41, 5.74) is -1.52. The minimum atomic E-state index is -3.91. The predicted octanol–water partition coefficient (Wildman–Crippen LogP) is 4.23. The highest BCUT2D eigenvalue weighted by Crippen LogP contribution is 2.46. The highest BCUT2D eigenvalue weighted by molar-refractivity contribution is 7.91. The van der Waals surface area contributed by atoms with Crippen LogP contribution in [0, 0.1) is 11.3 Å². The number of carbonyl (C=O) groups is 4. The molecule has 2 heterocycles. The molecule has 2 aliphatic carbocycles. The second-order valence-electron chi connectivity index (χ2n) is 15.0. The number of fused-ring (bicyclic) bond motifs is 1. The van der Waals surface area contributed by atoms with Crippen molar-refractivity contribution in [1.29, 1.82) is 0 Å². The van der Waals surface area contributed by atoms with E-state index in [0.29, 0.717) is 40.1 Å². The van der Waals surface area contributed by atoms with Crippen molar-refractivity contribution in [3.05, 3.63) is 71.9 Å². The lowest BCUT2D eigenvalue weighted by molar-refractivity contribution is -0.141. The van der Waals surface area contributed by atoms with Gasteiger partial charge in [-0.15, -0.1) is 6.58 Å². The molecule has 1 aromatic heterocycles. The van der Waals surface area contributed by atoms with Crippen LogP contribution >= 0.6 is 11.6 Å². The number of halogens is 1. The number of hydrogen-bond acceptors (Lipinski definition) is 11. The van der Waals surface area contributed by atoms with Crippen LogP contribution < -0.4 is 24.8 Å². The van der Waals surface area contributed by atoms with Gasteiger partial charge in [0.05, 0.1) is 37.8 Å². The summed E-state index contributed by atoms with van der Waals surface area (Å²) in [6.45, 7) is 9.33. The molecule has 0 radical (unpaired) electrons. The summed E-state index contributed by atoms with van der Waals surface area (Å²) in [5, 5.41) is 7.11. The largest absolute Gasteiger partial charge is 0.494 e. The van der Waals surface area contributed by atoms with Gasteiger partial charge in [0.25, 0.3) is 5.91 Å². The molecule has 0 spiro atoms. The maximum Gasteiger partial charge on any atom is 0.337 e. The van der Waals surface area contributed by atoms with E-state index in [1.807, 2.05) is 20.8 Å². The Kier molecular flexibility index (Phi) is 10.6. The molecule has 5 atom stereocenters. The maximum atomic E-state index is 14.7. The number of ether oxygens (including phenoxy) is 3. The van der Waals surface area contributed by atoms with Gasteiger partial charge in [0.2, 0.25) is 27.7 Å². The lowest BCUT2D eigenvalue weighted by atomic mass is 9.85. The van der Waals surface area contributed by atoms with Crippen LogP contribution in [0.4, 0.5) is 5.69 Å². The molecule has 3 aliphatic rings. The van der Waals surface area contributed by atoms with Crippen molar-refractivity contribution in [2.45, 2.75) is 75.4 Å². The van der Waals surface area contributed by atoms with Crippen LogP contribution in [0.2, 0.25) is 5.02 Å². The molecule has 16 heteroatoms. The van der Waals surface area contributed by atoms with Gasteiger partial charge in [0, 0.05) is 33.8 Å². The summed E-state index contributed by atoms with van der Waals surface area (Å²) >= 11 is 6.35. The number of aromatic nitrogens is 1. The smallest absolute Gasteiger partial charge is 0.337 e. The van der Waals surface area contributed by atoms with Crippen molar-refractivity contribution in [2.75, 3.05) is 26.1 Å². The Labute approximate surface area is 319 Å². The molecule has 1 aliphatic heterocycles. The summed E-state index contributed by atoms with van der Waals surface area (Å²) in [5.74, 6) is -2.31. The first-order valence-electron chi connectivity index (χ1n) is 17.6. The van der Waals surface area contributed by atoms with Gasteiger partial charge in [-0.1, -0.05) is 44.5 Å². The third-order valence-corrected chi connectivity index (χ3v) is 12.1. The quantitative estimate of drug-likeness (QED) is 0.167. The van der Waals surface area contributed by atoms with Gasteiger partial charge in [-0.2, -0.15) is 0 Å². The third-order valence-electron chi connectivity index (χ3n) is 10.1. The minimum absolute atomic E-state index is 0.0128. The summed E-state index contributed by atoms with van der Waals surface area (Å²) in [6, 6.07) is 9.66. The Morgan fingerprint density at radius 1 is 1.09 bits per heavy atom. The molecule has 3 fully saturated rings. The van der Waals surface area contributed by atoms with Crippen LogP contribution in [0.15, 0.2) is 61.3 Å². The molecule has 3 N–H and O–H groups in total. The number of pyridine rings is 1. The van der Waals surface area contributed by atoms with Crippen molar-refractivity contribution in [1.82, 2.24) is 19.9 Å². The minimum Gasteiger partial charge on any atom is -0.494 e. The number of hydrogen-bond donors (Lipinski definition) is 3. The van der Waals surface area contributed by atoms with Crippen LogP contribution in [0.1, 0.15) is 56.8 Å². The number of amides is 3. The number of likely N-dealkylation sites (tertiary alicyclic amines) is 1. The maximum absolute atomic E-state index is 14.7. The molecule has 54 heavy (non-hydrogen) atoms. The molecule has 6 rings (SSSR count). The summed E-state index contributed by atoms with van der Waals surface area (Å²) in [4.78, 5) is 60.8. The van der Waals surface area contributed by atoms with Gasteiger partial charge in [-0.25, -0.2) is 18.2 Å². The van der Waals surface area contributed by atoms with Crippen LogP contribution in [-0.2, 0) is 29.1 Å². The molecule has 14 nitrogen and oxygen atoms in total.